The van der Waals surface area contributed by atoms with E-state index in [-0.39, 0.29) is 17.9 Å². The summed E-state index contributed by atoms with van der Waals surface area (Å²) >= 11 is 0. The van der Waals surface area contributed by atoms with E-state index >= 15 is 0 Å². The van der Waals surface area contributed by atoms with E-state index in [9.17, 15) is 9.90 Å². The third-order valence-electron chi connectivity index (χ3n) is 2.57. The average molecular weight is 244 g/mol. The summed E-state index contributed by atoms with van der Waals surface area (Å²) in [5, 5.41) is 12.4. The molecular formula is C13H28N2O2. The highest BCUT2D eigenvalue weighted by Crippen LogP contribution is 2.20. The average Bonchev–Trinajstić information content (AvgIpc) is 2.20. The molecule has 0 bridgehead atoms. The van der Waals surface area contributed by atoms with Crippen molar-refractivity contribution in [1.29, 1.82) is 0 Å². The molecule has 4 heteroatoms. The van der Waals surface area contributed by atoms with Gasteiger partial charge in [0.25, 0.3) is 0 Å². The molecule has 0 heterocycles. The number of hydrogen-bond donors (Lipinski definition) is 3. The number of nitrogens with two attached hydrogens (primary N) is 1. The first-order valence-corrected chi connectivity index (χ1v) is 6.47. The molecule has 0 aromatic heterocycles. The zero-order chi connectivity index (χ0) is 13.5. The molecule has 0 spiro atoms. The minimum absolute atomic E-state index is 0.0640. The van der Waals surface area contributed by atoms with Crippen molar-refractivity contribution in [2.24, 2.45) is 11.1 Å². The molecule has 0 saturated carbocycles. The summed E-state index contributed by atoms with van der Waals surface area (Å²) < 4.78 is 0. The highest BCUT2D eigenvalue weighted by atomic mass is 16.3. The summed E-state index contributed by atoms with van der Waals surface area (Å²) in [5.74, 6) is -0.161. The summed E-state index contributed by atoms with van der Waals surface area (Å²) in [6, 6.07) is -0.447. The maximum Gasteiger partial charge on any atom is 0.237 e. The molecule has 0 aliphatic heterocycles. The van der Waals surface area contributed by atoms with Crippen LogP contribution < -0.4 is 11.1 Å². The van der Waals surface area contributed by atoms with Gasteiger partial charge in [0, 0.05) is 6.54 Å². The molecule has 0 rings (SSSR count). The Morgan fingerprint density at radius 2 is 2.00 bits per heavy atom. The fourth-order valence-electron chi connectivity index (χ4n) is 1.68. The van der Waals surface area contributed by atoms with Gasteiger partial charge in [0.1, 0.15) is 0 Å². The number of carbonyl (C=O) groups is 1. The van der Waals surface area contributed by atoms with Gasteiger partial charge in [0.15, 0.2) is 0 Å². The van der Waals surface area contributed by atoms with Crippen molar-refractivity contribution in [2.75, 3.05) is 6.54 Å². The fraction of sp³-hybridized carbons (Fsp3) is 0.923. The van der Waals surface area contributed by atoms with Gasteiger partial charge in [-0.15, -0.1) is 0 Å². The van der Waals surface area contributed by atoms with E-state index in [1.165, 1.54) is 0 Å². The van der Waals surface area contributed by atoms with Crippen LogP contribution in [-0.4, -0.2) is 29.7 Å². The quantitative estimate of drug-likeness (QED) is 0.634. The van der Waals surface area contributed by atoms with E-state index in [4.69, 9.17) is 5.73 Å². The summed E-state index contributed by atoms with van der Waals surface area (Å²) in [5.41, 5.74) is 5.79. The van der Waals surface area contributed by atoms with Crippen LogP contribution in [0.2, 0.25) is 0 Å². The Balaban J connectivity index is 3.83. The summed E-state index contributed by atoms with van der Waals surface area (Å²) in [7, 11) is 0. The predicted octanol–water partition coefficient (Wildman–Crippen LogP) is 1.42. The zero-order valence-electron chi connectivity index (χ0n) is 11.6. The van der Waals surface area contributed by atoms with Gasteiger partial charge in [-0.2, -0.15) is 0 Å². The van der Waals surface area contributed by atoms with E-state index in [0.29, 0.717) is 12.8 Å². The van der Waals surface area contributed by atoms with Crippen LogP contribution in [0, 0.1) is 5.41 Å². The molecule has 0 fully saturated rings. The number of amides is 1. The second kappa shape index (κ2) is 7.67. The van der Waals surface area contributed by atoms with Gasteiger partial charge in [-0.05, 0) is 18.3 Å². The van der Waals surface area contributed by atoms with Gasteiger partial charge in [0.2, 0.25) is 5.91 Å². The molecule has 0 saturated heterocycles. The fourth-order valence-corrected chi connectivity index (χ4v) is 1.68. The van der Waals surface area contributed by atoms with Gasteiger partial charge in [-0.25, -0.2) is 0 Å². The molecule has 0 radical (unpaired) electrons. The van der Waals surface area contributed by atoms with Gasteiger partial charge < -0.3 is 16.2 Å². The largest absolute Gasteiger partial charge is 0.391 e. The Hall–Kier alpha value is -0.610. The maximum atomic E-state index is 11.6. The normalized spacial score (nSPS) is 15.4. The lowest BCUT2D eigenvalue weighted by molar-refractivity contribution is -0.123. The maximum absolute atomic E-state index is 11.6. The van der Waals surface area contributed by atoms with Crippen molar-refractivity contribution in [2.45, 2.75) is 65.5 Å². The van der Waals surface area contributed by atoms with Crippen LogP contribution in [-0.2, 0) is 4.79 Å². The molecule has 0 aromatic rings. The smallest absolute Gasteiger partial charge is 0.237 e. The Morgan fingerprint density at radius 1 is 1.41 bits per heavy atom. The Kier molecular flexibility index (Phi) is 7.39. The van der Waals surface area contributed by atoms with Gasteiger partial charge in [-0.3, -0.25) is 4.79 Å². The van der Waals surface area contributed by atoms with Crippen molar-refractivity contribution in [3.8, 4) is 0 Å². The van der Waals surface area contributed by atoms with Crippen molar-refractivity contribution in [3.63, 3.8) is 0 Å². The summed E-state index contributed by atoms with van der Waals surface area (Å²) in [6.07, 6.45) is 2.86. The van der Waals surface area contributed by atoms with Crippen LogP contribution in [0.4, 0.5) is 0 Å². The zero-order valence-corrected chi connectivity index (χ0v) is 11.6. The number of carbonyl (C=O) groups excluding carboxylic acids is 1. The van der Waals surface area contributed by atoms with Crippen LogP contribution in [0.25, 0.3) is 0 Å². The van der Waals surface area contributed by atoms with Crippen LogP contribution in [0.5, 0.6) is 0 Å². The second-order valence-electron chi connectivity index (χ2n) is 5.91. The van der Waals surface area contributed by atoms with E-state index < -0.39 is 12.1 Å². The molecule has 17 heavy (non-hydrogen) atoms. The van der Waals surface area contributed by atoms with Crippen LogP contribution in [0.3, 0.4) is 0 Å². The Morgan fingerprint density at radius 3 is 2.47 bits per heavy atom. The second-order valence-corrected chi connectivity index (χ2v) is 5.91. The predicted molar refractivity (Wildman–Crippen MR) is 70.6 cm³/mol. The van der Waals surface area contributed by atoms with E-state index in [1.807, 2.05) is 0 Å². The third-order valence-corrected chi connectivity index (χ3v) is 2.57. The monoisotopic (exact) mass is 244 g/mol. The SMILES string of the molecule is CCCC[C@H](N)C(=O)NCC(O)CC(C)(C)C. The van der Waals surface area contributed by atoms with E-state index in [0.717, 1.165) is 12.8 Å². The van der Waals surface area contributed by atoms with E-state index in [1.54, 1.807) is 0 Å². The molecule has 1 amide bonds. The lowest BCUT2D eigenvalue weighted by Gasteiger charge is -2.23. The molecule has 2 atom stereocenters. The summed E-state index contributed by atoms with van der Waals surface area (Å²) in [4.78, 5) is 11.6. The number of hydrogen-bond acceptors (Lipinski definition) is 3. The van der Waals surface area contributed by atoms with Crippen LogP contribution >= 0.6 is 0 Å². The topological polar surface area (TPSA) is 75.4 Å². The molecule has 4 N–H and O–H groups in total. The van der Waals surface area contributed by atoms with Crippen molar-refractivity contribution < 1.29 is 9.90 Å². The van der Waals surface area contributed by atoms with Crippen molar-refractivity contribution >= 4 is 5.91 Å². The first kappa shape index (κ1) is 16.4. The molecule has 4 nitrogen and oxygen atoms in total. The van der Waals surface area contributed by atoms with Gasteiger partial charge >= 0.3 is 0 Å². The minimum Gasteiger partial charge on any atom is -0.391 e. The number of aliphatic hydroxyl groups is 1. The number of rotatable bonds is 7. The highest BCUT2D eigenvalue weighted by molar-refractivity contribution is 5.81. The van der Waals surface area contributed by atoms with Crippen molar-refractivity contribution in [3.05, 3.63) is 0 Å². The Bertz CT molecular complexity index is 224. The molecule has 102 valence electrons. The first-order valence-electron chi connectivity index (χ1n) is 6.47. The number of unbranched alkanes of at least 4 members (excludes halogenated alkanes) is 1. The molecule has 0 aliphatic carbocycles. The lowest BCUT2D eigenvalue weighted by atomic mass is 9.89. The standard InChI is InChI=1S/C13H28N2O2/c1-5-6-7-11(14)12(17)15-9-10(16)8-13(2,3)4/h10-11,16H,5-9,14H2,1-4H3,(H,15,17)/t10?,11-/m0/s1. The van der Waals surface area contributed by atoms with E-state index in [2.05, 4.69) is 33.0 Å². The summed E-state index contributed by atoms with van der Waals surface area (Å²) in [6.45, 7) is 8.54. The third kappa shape index (κ3) is 9.12. The molecule has 0 aliphatic rings. The first-order chi connectivity index (χ1) is 7.76. The lowest BCUT2D eigenvalue weighted by Crippen LogP contribution is -2.43. The molecular weight excluding hydrogens is 216 g/mol. The van der Waals surface area contributed by atoms with Gasteiger partial charge in [0.05, 0.1) is 12.1 Å². The van der Waals surface area contributed by atoms with Gasteiger partial charge in [-0.1, -0.05) is 40.5 Å². The van der Waals surface area contributed by atoms with Crippen LogP contribution in [0.1, 0.15) is 53.4 Å². The molecule has 0 aromatic carbocycles. The van der Waals surface area contributed by atoms with Crippen LogP contribution in [0.15, 0.2) is 0 Å². The van der Waals surface area contributed by atoms with Crippen molar-refractivity contribution in [1.82, 2.24) is 5.32 Å². The molecule has 1 unspecified atom stereocenters. The number of aliphatic hydroxyl groups excluding tert-OH is 1. The Labute approximate surface area is 105 Å². The number of nitrogens with one attached hydrogen (secondary N) is 1. The minimum atomic E-state index is -0.502. The highest BCUT2D eigenvalue weighted by Gasteiger charge is 2.18.